The summed E-state index contributed by atoms with van der Waals surface area (Å²) in [6.45, 7) is 0.446. The average Bonchev–Trinajstić information content (AvgIpc) is 2.64. The minimum Gasteiger partial charge on any atom is -0.349 e. The van der Waals surface area contributed by atoms with Crippen LogP contribution in [0, 0.1) is 5.82 Å². The Morgan fingerprint density at radius 3 is 2.60 bits per heavy atom. The number of hydrogen-bond acceptors (Lipinski definition) is 4. The minimum absolute atomic E-state index is 0.215. The Labute approximate surface area is 143 Å². The van der Waals surface area contributed by atoms with Crippen molar-refractivity contribution in [2.24, 2.45) is 0 Å². The zero-order valence-electron chi connectivity index (χ0n) is 13.2. The fraction of sp³-hybridized carbons (Fsp3) is 0.111. The molecule has 3 aromatic rings. The molecule has 2 heterocycles. The third-order valence-electron chi connectivity index (χ3n) is 3.51. The van der Waals surface area contributed by atoms with Crippen molar-refractivity contribution in [3.63, 3.8) is 0 Å². The third-order valence-corrected chi connectivity index (χ3v) is 3.51. The Hall–Kier alpha value is -3.35. The van der Waals surface area contributed by atoms with Crippen LogP contribution in [-0.2, 0) is 6.54 Å². The molecule has 0 unspecified atom stereocenters. The molecule has 0 aliphatic carbocycles. The number of amides is 1. The molecular weight excluding hydrogens is 323 g/mol. The Bertz CT molecular complexity index is 924. The van der Waals surface area contributed by atoms with Gasteiger partial charge in [0.25, 0.3) is 11.5 Å². The first-order chi connectivity index (χ1) is 12.1. The van der Waals surface area contributed by atoms with Crippen molar-refractivity contribution in [2.45, 2.75) is 6.54 Å². The second-order valence-corrected chi connectivity index (χ2v) is 5.26. The summed E-state index contributed by atoms with van der Waals surface area (Å²) in [6, 6.07) is 13.9. The fourth-order valence-electron chi connectivity index (χ4n) is 2.25. The molecule has 0 fully saturated rings. The number of carbonyl (C=O) groups excluding carboxylic acids is 1. The summed E-state index contributed by atoms with van der Waals surface area (Å²) in [6.07, 6.45) is 1.53. The van der Waals surface area contributed by atoms with Crippen LogP contribution in [0.5, 0.6) is 0 Å². The molecule has 0 aliphatic rings. The van der Waals surface area contributed by atoms with Gasteiger partial charge in [0.1, 0.15) is 11.5 Å². The first kappa shape index (κ1) is 16.5. The molecule has 1 amide bonds. The summed E-state index contributed by atoms with van der Waals surface area (Å²) < 4.78 is 14.3. The molecule has 0 aliphatic heterocycles. The number of rotatable bonds is 5. The average molecular weight is 338 g/mol. The summed E-state index contributed by atoms with van der Waals surface area (Å²) in [4.78, 5) is 27.8. The van der Waals surface area contributed by atoms with Crippen molar-refractivity contribution in [3.05, 3.63) is 82.7 Å². The maximum atomic E-state index is 13.0. The molecule has 1 aromatic carbocycles. The highest BCUT2D eigenvalue weighted by molar-refractivity contribution is 5.92. The van der Waals surface area contributed by atoms with Crippen molar-refractivity contribution in [1.82, 2.24) is 20.1 Å². The molecule has 0 radical (unpaired) electrons. The number of carbonyl (C=O) groups is 1. The van der Waals surface area contributed by atoms with Gasteiger partial charge in [-0.15, -0.1) is 0 Å². The molecule has 1 N–H and O–H groups in total. The predicted molar refractivity (Wildman–Crippen MR) is 90.5 cm³/mol. The van der Waals surface area contributed by atoms with Crippen LogP contribution in [0.4, 0.5) is 4.39 Å². The monoisotopic (exact) mass is 338 g/mol. The molecule has 126 valence electrons. The summed E-state index contributed by atoms with van der Waals surface area (Å²) in [5.74, 6) is -0.655. The lowest BCUT2D eigenvalue weighted by Crippen LogP contribution is -2.32. The Morgan fingerprint density at radius 2 is 1.88 bits per heavy atom. The molecule has 0 bridgehead atoms. The smallest absolute Gasteiger partial charge is 0.269 e. The molecule has 0 saturated carbocycles. The van der Waals surface area contributed by atoms with Crippen LogP contribution in [0.2, 0.25) is 0 Å². The highest BCUT2D eigenvalue weighted by Gasteiger charge is 2.07. The first-order valence-electron chi connectivity index (χ1n) is 7.67. The van der Waals surface area contributed by atoms with Gasteiger partial charge in [0.05, 0.1) is 12.2 Å². The molecule has 6 nitrogen and oxygen atoms in total. The SMILES string of the molecule is O=C(NCCn1nc(-c2ccc(F)cc2)ccc1=O)c1ccccn1. The van der Waals surface area contributed by atoms with Crippen LogP contribution in [0.1, 0.15) is 10.5 Å². The van der Waals surface area contributed by atoms with Crippen molar-refractivity contribution in [3.8, 4) is 11.3 Å². The molecule has 0 spiro atoms. The lowest BCUT2D eigenvalue weighted by atomic mass is 10.1. The molecule has 0 saturated heterocycles. The highest BCUT2D eigenvalue weighted by Crippen LogP contribution is 2.15. The van der Waals surface area contributed by atoms with Crippen LogP contribution < -0.4 is 10.9 Å². The number of aromatic nitrogens is 3. The van der Waals surface area contributed by atoms with E-state index in [0.717, 1.165) is 0 Å². The van der Waals surface area contributed by atoms with Gasteiger partial charge in [0.15, 0.2) is 0 Å². The van der Waals surface area contributed by atoms with Gasteiger partial charge in [-0.1, -0.05) is 6.07 Å². The van der Waals surface area contributed by atoms with Crippen LogP contribution in [0.3, 0.4) is 0 Å². The zero-order chi connectivity index (χ0) is 17.6. The van der Waals surface area contributed by atoms with Gasteiger partial charge in [0, 0.05) is 24.4 Å². The van der Waals surface area contributed by atoms with Crippen LogP contribution >= 0.6 is 0 Å². The van der Waals surface area contributed by atoms with E-state index in [1.165, 1.54) is 29.1 Å². The predicted octanol–water partition coefficient (Wildman–Crippen LogP) is 1.87. The highest BCUT2D eigenvalue weighted by atomic mass is 19.1. The van der Waals surface area contributed by atoms with Gasteiger partial charge in [-0.3, -0.25) is 14.6 Å². The molecular formula is C18H15FN4O2. The molecule has 0 atom stereocenters. The van der Waals surface area contributed by atoms with Gasteiger partial charge in [-0.05, 0) is 42.5 Å². The molecule has 7 heteroatoms. The van der Waals surface area contributed by atoms with E-state index in [1.54, 1.807) is 36.4 Å². The Kier molecular flexibility index (Phi) is 4.94. The molecule has 25 heavy (non-hydrogen) atoms. The Balaban J connectivity index is 1.68. The second-order valence-electron chi connectivity index (χ2n) is 5.26. The van der Waals surface area contributed by atoms with E-state index < -0.39 is 0 Å². The van der Waals surface area contributed by atoms with Gasteiger partial charge < -0.3 is 5.32 Å². The van der Waals surface area contributed by atoms with Gasteiger partial charge >= 0.3 is 0 Å². The lowest BCUT2D eigenvalue weighted by molar-refractivity contribution is 0.0947. The Morgan fingerprint density at radius 1 is 1.08 bits per heavy atom. The molecule has 3 rings (SSSR count). The van der Waals surface area contributed by atoms with E-state index in [-0.39, 0.29) is 30.4 Å². The van der Waals surface area contributed by atoms with Crippen molar-refractivity contribution in [1.29, 1.82) is 0 Å². The van der Waals surface area contributed by atoms with E-state index in [9.17, 15) is 14.0 Å². The van der Waals surface area contributed by atoms with E-state index in [0.29, 0.717) is 17.0 Å². The number of hydrogen-bond donors (Lipinski definition) is 1. The van der Waals surface area contributed by atoms with Crippen LogP contribution in [0.25, 0.3) is 11.3 Å². The largest absolute Gasteiger partial charge is 0.349 e. The van der Waals surface area contributed by atoms with E-state index in [4.69, 9.17) is 0 Å². The normalized spacial score (nSPS) is 10.4. The van der Waals surface area contributed by atoms with Gasteiger partial charge in [-0.2, -0.15) is 5.10 Å². The zero-order valence-corrected chi connectivity index (χ0v) is 13.2. The first-order valence-corrected chi connectivity index (χ1v) is 7.67. The van der Waals surface area contributed by atoms with E-state index in [1.807, 2.05) is 0 Å². The maximum Gasteiger partial charge on any atom is 0.269 e. The minimum atomic E-state index is -0.339. The van der Waals surface area contributed by atoms with E-state index in [2.05, 4.69) is 15.4 Å². The topological polar surface area (TPSA) is 76.9 Å². The van der Waals surface area contributed by atoms with Crippen LogP contribution in [0.15, 0.2) is 65.6 Å². The number of pyridine rings is 1. The lowest BCUT2D eigenvalue weighted by Gasteiger charge is -2.08. The van der Waals surface area contributed by atoms with E-state index >= 15 is 0 Å². The fourth-order valence-corrected chi connectivity index (χ4v) is 2.25. The quantitative estimate of drug-likeness (QED) is 0.770. The standard InChI is InChI=1S/C18H15FN4O2/c19-14-6-4-13(5-7-14)15-8-9-17(24)23(22-15)12-11-21-18(25)16-3-1-2-10-20-16/h1-10H,11-12H2,(H,21,25). The van der Waals surface area contributed by atoms with Gasteiger partial charge in [-0.25, -0.2) is 9.07 Å². The summed E-state index contributed by atoms with van der Waals surface area (Å²) in [5.41, 5.74) is 1.28. The molecule has 2 aromatic heterocycles. The van der Waals surface area contributed by atoms with Crippen molar-refractivity contribution in [2.75, 3.05) is 6.54 Å². The number of nitrogens with one attached hydrogen (secondary N) is 1. The second kappa shape index (κ2) is 7.48. The van der Waals surface area contributed by atoms with Crippen LogP contribution in [-0.4, -0.2) is 27.2 Å². The van der Waals surface area contributed by atoms with Crippen molar-refractivity contribution >= 4 is 5.91 Å². The van der Waals surface area contributed by atoms with Crippen molar-refractivity contribution < 1.29 is 9.18 Å². The summed E-state index contributed by atoms with van der Waals surface area (Å²) in [5, 5.41) is 6.95. The number of nitrogens with zero attached hydrogens (tertiary/aromatic N) is 3. The maximum absolute atomic E-state index is 13.0. The number of halogens is 1. The van der Waals surface area contributed by atoms with Gasteiger partial charge in [0.2, 0.25) is 0 Å². The summed E-state index contributed by atoms with van der Waals surface area (Å²) >= 11 is 0. The third kappa shape index (κ3) is 4.14. The summed E-state index contributed by atoms with van der Waals surface area (Å²) in [7, 11) is 0. The number of benzene rings is 1.